The fourth-order valence-corrected chi connectivity index (χ4v) is 17.2. The minimum Gasteiger partial charge on any atom is -0.458 e. The number of para-hydroxylation sites is 7. The molecule has 14 aromatic carbocycles. The molecule has 0 fully saturated rings. The monoisotopic (exact) mass is 1240 g/mol. The van der Waals surface area contributed by atoms with Crippen molar-refractivity contribution < 1.29 is 9.47 Å². The van der Waals surface area contributed by atoms with Crippen molar-refractivity contribution in [3.05, 3.63) is 349 Å². The first-order chi connectivity index (χ1) is 47.8. The van der Waals surface area contributed by atoms with Crippen molar-refractivity contribution in [3.8, 4) is 45.3 Å². The summed E-state index contributed by atoms with van der Waals surface area (Å²) in [5, 5.41) is 0. The fourth-order valence-electron chi connectivity index (χ4n) is 17.2. The summed E-state index contributed by atoms with van der Waals surface area (Å²) in [5.74, 6) is 3.28. The maximum Gasteiger partial charge on any atom is 0.256 e. The molecule has 0 N–H and O–H groups in total. The van der Waals surface area contributed by atoms with Gasteiger partial charge in [-0.25, -0.2) is 0 Å². The first-order valence-corrected chi connectivity index (χ1v) is 33.8. The molecule has 0 radical (unpaired) electrons. The van der Waals surface area contributed by atoms with Crippen LogP contribution in [0.1, 0.15) is 48.6 Å². The van der Waals surface area contributed by atoms with E-state index in [-0.39, 0.29) is 18.8 Å². The van der Waals surface area contributed by atoms with Crippen molar-refractivity contribution in [2.24, 2.45) is 0 Å². The summed E-state index contributed by atoms with van der Waals surface area (Å²) in [6.07, 6.45) is 0. The number of fused-ring (bicyclic) bond motifs is 17. The van der Waals surface area contributed by atoms with Gasteiger partial charge in [0.2, 0.25) is 0 Å². The number of nitrogens with zero attached hydrogens (tertiary/aromatic N) is 4. The summed E-state index contributed by atoms with van der Waals surface area (Å²) in [6, 6.07) is 119. The number of anilines is 12. The van der Waals surface area contributed by atoms with E-state index in [1.54, 1.807) is 0 Å². The van der Waals surface area contributed by atoms with Gasteiger partial charge in [0.15, 0.2) is 0 Å². The van der Waals surface area contributed by atoms with Gasteiger partial charge in [0, 0.05) is 91.8 Å². The topological polar surface area (TPSA) is 31.4 Å². The zero-order valence-corrected chi connectivity index (χ0v) is 53.9. The highest BCUT2D eigenvalue weighted by atomic mass is 16.5. The lowest BCUT2D eigenvalue weighted by atomic mass is 9.33. The highest BCUT2D eigenvalue weighted by Crippen LogP contribution is 2.64. The Hall–Kier alpha value is -12.0. The molecule has 5 heterocycles. The molecule has 456 valence electrons. The molecule has 5 aliphatic heterocycles. The first kappa shape index (κ1) is 55.5. The van der Waals surface area contributed by atoms with Gasteiger partial charge in [-0.15, -0.1) is 0 Å². The second-order valence-corrected chi connectivity index (χ2v) is 27.4. The van der Waals surface area contributed by atoms with E-state index in [2.05, 4.69) is 362 Å². The van der Waals surface area contributed by atoms with Gasteiger partial charge in [0.25, 0.3) is 13.4 Å². The molecule has 0 atom stereocenters. The summed E-state index contributed by atoms with van der Waals surface area (Å²) < 4.78 is 15.4. The SMILES string of the molecule is CC(C)(C)c1cc2c3c(c1)N(c1ccccc1)c1cc4c(cc1B3c1ccccc1N2c1ccccc1)C1(c2cc3c(cc2O4)N(c2ccccc2)c2cc(N(c4ccccc4)c4ccccc4-c4ccccc4)cc4c2B3c2ccccc2O4)c2ccccc2-c2ccccc21. The number of hydrogen-bond acceptors (Lipinski definition) is 6. The van der Waals surface area contributed by atoms with Gasteiger partial charge in [0.1, 0.15) is 23.0 Å². The van der Waals surface area contributed by atoms with E-state index in [0.717, 1.165) is 107 Å². The summed E-state index contributed by atoms with van der Waals surface area (Å²) >= 11 is 0. The van der Waals surface area contributed by atoms with Gasteiger partial charge in [0.05, 0.1) is 16.8 Å². The Balaban J connectivity index is 0.874. The quantitative estimate of drug-likeness (QED) is 0.148. The molecule has 0 amide bonds. The van der Waals surface area contributed by atoms with Crippen molar-refractivity contribution in [2.75, 3.05) is 19.6 Å². The van der Waals surface area contributed by atoms with Crippen LogP contribution in [0.4, 0.5) is 68.2 Å². The molecule has 0 bridgehead atoms. The maximum atomic E-state index is 8.01. The van der Waals surface area contributed by atoms with E-state index in [0.29, 0.717) is 0 Å². The molecular formula is C89H62B2N4O2. The molecule has 0 saturated carbocycles. The zero-order chi connectivity index (χ0) is 64.3. The standard InChI is InChI=1S/C89H62B2N4O2/c1-88(2,3)58-49-79-86-80(50-58)94(61-35-15-7-16-36-61)77-55-83-69(53-73(77)90(86)71-44-24-27-47-76(71)93(79)60-33-13-6-14-34-60)89(67-42-22-19-40-65(67)66-41-20-23-43-68(66)89)70-54-74-78(56-84(70)97-83)95(62-37-17-8-18-38-62)81-51-63(52-85-87(81)91(74)72-45-25-28-48-82(72)96-85)92(59-31-11-5-12-32-59)75-46-26-21-39-64(75)57-29-9-4-10-30-57/h4-56H,1-3H3. The van der Waals surface area contributed by atoms with Gasteiger partial charge < -0.3 is 29.1 Å². The fraction of sp³-hybridized carbons (Fsp3) is 0.0562. The molecule has 20 rings (SSSR count). The average Bonchev–Trinajstić information content (AvgIpc) is 1.65. The number of hydrogen-bond donors (Lipinski definition) is 0. The third kappa shape index (κ3) is 8.05. The van der Waals surface area contributed by atoms with Crippen molar-refractivity contribution >= 4 is 114 Å². The Kier molecular flexibility index (Phi) is 12.0. The number of rotatable bonds is 7. The molecule has 97 heavy (non-hydrogen) atoms. The Morgan fingerprint density at radius 1 is 0.309 bits per heavy atom. The molecule has 6 aliphatic rings. The summed E-state index contributed by atoms with van der Waals surface area (Å²) in [6.45, 7) is 6.63. The van der Waals surface area contributed by atoms with Crippen molar-refractivity contribution in [1.82, 2.24) is 0 Å². The van der Waals surface area contributed by atoms with E-state index in [1.807, 2.05) is 0 Å². The van der Waals surface area contributed by atoms with Crippen molar-refractivity contribution in [2.45, 2.75) is 31.6 Å². The van der Waals surface area contributed by atoms with Crippen LogP contribution < -0.4 is 61.9 Å². The molecular weight excluding hydrogens is 1180 g/mol. The van der Waals surface area contributed by atoms with Crippen LogP contribution >= 0.6 is 0 Å². The summed E-state index contributed by atoms with van der Waals surface area (Å²) in [5.41, 5.74) is 29.8. The van der Waals surface area contributed by atoms with Crippen LogP contribution in [-0.2, 0) is 10.8 Å². The molecule has 8 heteroatoms. The molecule has 0 unspecified atom stereocenters. The Bertz CT molecular complexity index is 5520. The van der Waals surface area contributed by atoms with Gasteiger partial charge >= 0.3 is 0 Å². The Labute approximate surface area is 566 Å². The highest BCUT2D eigenvalue weighted by Gasteiger charge is 2.55. The zero-order valence-electron chi connectivity index (χ0n) is 53.9. The van der Waals surface area contributed by atoms with Gasteiger partial charge in [-0.1, -0.05) is 239 Å². The predicted molar refractivity (Wildman–Crippen MR) is 403 cm³/mol. The lowest BCUT2D eigenvalue weighted by Gasteiger charge is -2.47. The molecule has 1 aliphatic carbocycles. The van der Waals surface area contributed by atoms with E-state index >= 15 is 0 Å². The van der Waals surface area contributed by atoms with Crippen LogP contribution in [0.5, 0.6) is 23.0 Å². The van der Waals surface area contributed by atoms with Crippen LogP contribution in [-0.4, -0.2) is 13.4 Å². The molecule has 0 aromatic heterocycles. The van der Waals surface area contributed by atoms with Gasteiger partial charge in [-0.05, 0) is 157 Å². The second kappa shape index (κ2) is 21.0. The van der Waals surface area contributed by atoms with Gasteiger partial charge in [-0.2, -0.15) is 0 Å². The molecule has 0 saturated heterocycles. The smallest absolute Gasteiger partial charge is 0.256 e. The molecule has 14 aromatic rings. The maximum absolute atomic E-state index is 8.01. The molecule has 6 nitrogen and oxygen atoms in total. The third-order valence-corrected chi connectivity index (χ3v) is 21.2. The average molecular weight is 1240 g/mol. The van der Waals surface area contributed by atoms with Crippen LogP contribution in [0.25, 0.3) is 22.3 Å². The Morgan fingerprint density at radius 3 is 1.33 bits per heavy atom. The Morgan fingerprint density at radius 2 is 0.753 bits per heavy atom. The normalized spacial score (nSPS) is 14.1. The predicted octanol–water partition coefficient (Wildman–Crippen LogP) is 19.1. The lowest BCUT2D eigenvalue weighted by Crippen LogP contribution is -2.61. The number of benzene rings is 14. The van der Waals surface area contributed by atoms with Gasteiger partial charge in [-0.3, -0.25) is 0 Å². The van der Waals surface area contributed by atoms with Crippen molar-refractivity contribution in [3.63, 3.8) is 0 Å². The van der Waals surface area contributed by atoms with E-state index in [4.69, 9.17) is 9.47 Å². The van der Waals surface area contributed by atoms with E-state index in [9.17, 15) is 0 Å². The highest BCUT2D eigenvalue weighted by molar-refractivity contribution is 7.00. The van der Waals surface area contributed by atoms with Crippen molar-refractivity contribution in [1.29, 1.82) is 0 Å². The minimum atomic E-state index is -0.848. The van der Waals surface area contributed by atoms with Crippen LogP contribution in [0.2, 0.25) is 0 Å². The van der Waals surface area contributed by atoms with Crippen LogP contribution in [0.15, 0.2) is 322 Å². The van der Waals surface area contributed by atoms with Crippen LogP contribution in [0, 0.1) is 0 Å². The first-order valence-electron chi connectivity index (χ1n) is 33.8. The minimum absolute atomic E-state index is 0.146. The van der Waals surface area contributed by atoms with E-state index < -0.39 is 5.41 Å². The van der Waals surface area contributed by atoms with E-state index in [1.165, 1.54) is 66.7 Å². The summed E-state index contributed by atoms with van der Waals surface area (Å²) in [4.78, 5) is 9.93. The lowest BCUT2D eigenvalue weighted by molar-refractivity contribution is 0.437. The van der Waals surface area contributed by atoms with Crippen LogP contribution in [0.3, 0.4) is 0 Å². The largest absolute Gasteiger partial charge is 0.458 e. The second-order valence-electron chi connectivity index (χ2n) is 27.4. The number of ether oxygens (including phenoxy) is 2. The molecule has 1 spiro atoms. The third-order valence-electron chi connectivity index (χ3n) is 21.2. The summed E-state index contributed by atoms with van der Waals surface area (Å²) in [7, 11) is 0.